The number of ether oxygens (including phenoxy) is 1. The zero-order valence-electron chi connectivity index (χ0n) is 20.3. The lowest BCUT2D eigenvalue weighted by Gasteiger charge is -2.27. The molecule has 0 aliphatic heterocycles. The smallest absolute Gasteiger partial charge is 0.325 e. The number of fused-ring (bicyclic) bond motifs is 1. The number of esters is 1. The molecule has 3 rings (SSSR count). The second-order valence-corrected chi connectivity index (χ2v) is 10.1. The summed E-state index contributed by atoms with van der Waals surface area (Å²) in [4.78, 5) is 26.9. The van der Waals surface area contributed by atoms with E-state index in [0.29, 0.717) is 17.5 Å². The summed E-state index contributed by atoms with van der Waals surface area (Å²) in [7, 11) is -2.85. The molecule has 188 valence electrons. The van der Waals surface area contributed by atoms with Gasteiger partial charge in [-0.15, -0.1) is 0 Å². The first kappa shape index (κ1) is 26.9. The molecule has 0 heterocycles. The summed E-state index contributed by atoms with van der Waals surface area (Å²) in [5.41, 5.74) is 1.12. The maximum Gasteiger partial charge on any atom is 0.325 e. The monoisotopic (exact) mass is 507 g/mol. The van der Waals surface area contributed by atoms with E-state index in [1.807, 2.05) is 37.3 Å². The molecular formula is C27H29N3O5S. The van der Waals surface area contributed by atoms with Crippen LogP contribution < -0.4 is 4.72 Å². The number of nitrogens with one attached hydrogen (secondary N) is 1. The number of hydrogen-bond acceptors (Lipinski definition) is 6. The molecule has 8 nitrogen and oxygen atoms in total. The second-order valence-electron chi connectivity index (χ2n) is 8.39. The van der Waals surface area contributed by atoms with E-state index in [-0.39, 0.29) is 24.4 Å². The van der Waals surface area contributed by atoms with E-state index >= 15 is 0 Å². The molecule has 9 heteroatoms. The van der Waals surface area contributed by atoms with Crippen LogP contribution in [0.4, 0.5) is 0 Å². The summed E-state index contributed by atoms with van der Waals surface area (Å²) in [6.07, 6.45) is 1.47. The van der Waals surface area contributed by atoms with E-state index in [1.54, 1.807) is 36.4 Å². The Hall–Kier alpha value is -3.74. The molecule has 0 spiro atoms. The lowest BCUT2D eigenvalue weighted by Crippen LogP contribution is -2.51. The number of nitrogens with zero attached hydrogens (tertiary/aromatic N) is 2. The van der Waals surface area contributed by atoms with Crippen LogP contribution in [0.15, 0.2) is 71.6 Å². The molecular weight excluding hydrogens is 478 g/mol. The average Bonchev–Trinajstić information content (AvgIpc) is 2.90. The number of methoxy groups -OCH3 is 1. The fraction of sp³-hybridized carbons (Fsp3) is 0.296. The number of amides is 1. The van der Waals surface area contributed by atoms with Crippen molar-refractivity contribution in [1.82, 2.24) is 9.62 Å². The van der Waals surface area contributed by atoms with Crippen LogP contribution in [0.5, 0.6) is 0 Å². The van der Waals surface area contributed by atoms with Crippen molar-refractivity contribution in [2.45, 2.75) is 37.1 Å². The number of benzene rings is 3. The standard InChI is InChI=1S/C27H29N3O5S/c1-3-4-15-30(19-26(31)35-2)27(32)25(16-20-9-11-21(18-28)12-10-20)29-36(33,34)24-14-13-22-7-5-6-8-23(22)17-24/h5-14,17,25,29H,3-4,15-16,19H2,1-2H3/t25-/m0/s1. The normalized spacial score (nSPS) is 12.0. The average molecular weight is 508 g/mol. The molecule has 0 saturated carbocycles. The van der Waals surface area contributed by atoms with Gasteiger partial charge in [-0.2, -0.15) is 9.98 Å². The highest BCUT2D eigenvalue weighted by atomic mass is 32.2. The summed E-state index contributed by atoms with van der Waals surface area (Å²) in [6, 6.07) is 19.6. The van der Waals surface area contributed by atoms with Gasteiger partial charge in [0.2, 0.25) is 15.9 Å². The van der Waals surface area contributed by atoms with Crippen molar-refractivity contribution >= 4 is 32.7 Å². The molecule has 3 aromatic rings. The molecule has 36 heavy (non-hydrogen) atoms. The summed E-state index contributed by atoms with van der Waals surface area (Å²) in [5.74, 6) is -1.11. The van der Waals surface area contributed by atoms with Gasteiger partial charge in [-0.1, -0.05) is 55.8 Å². The molecule has 0 saturated heterocycles. The minimum absolute atomic E-state index is 0.0342. The Kier molecular flexibility index (Phi) is 9.17. The number of carbonyl (C=O) groups is 2. The topological polar surface area (TPSA) is 117 Å². The Morgan fingerprint density at radius 3 is 2.39 bits per heavy atom. The molecule has 0 unspecified atom stereocenters. The summed E-state index contributed by atoms with van der Waals surface area (Å²) in [6.45, 7) is 1.96. The first-order valence-corrected chi connectivity index (χ1v) is 13.1. The van der Waals surface area contributed by atoms with Gasteiger partial charge in [0.1, 0.15) is 12.6 Å². The van der Waals surface area contributed by atoms with Crippen LogP contribution in [0.1, 0.15) is 30.9 Å². The molecule has 0 bridgehead atoms. The van der Waals surface area contributed by atoms with Gasteiger partial charge < -0.3 is 9.64 Å². The maximum atomic E-state index is 13.6. The van der Waals surface area contributed by atoms with E-state index in [0.717, 1.165) is 17.2 Å². The zero-order valence-corrected chi connectivity index (χ0v) is 21.1. The van der Waals surface area contributed by atoms with Crippen molar-refractivity contribution in [3.05, 3.63) is 77.9 Å². The van der Waals surface area contributed by atoms with Gasteiger partial charge in [0.25, 0.3) is 0 Å². The van der Waals surface area contributed by atoms with Crippen molar-refractivity contribution in [3.8, 4) is 6.07 Å². The predicted molar refractivity (Wildman–Crippen MR) is 136 cm³/mol. The largest absolute Gasteiger partial charge is 0.468 e. The Morgan fingerprint density at radius 2 is 1.75 bits per heavy atom. The number of nitriles is 1. The van der Waals surface area contributed by atoms with Crippen molar-refractivity contribution < 1.29 is 22.7 Å². The highest BCUT2D eigenvalue weighted by molar-refractivity contribution is 7.89. The third-order valence-electron chi connectivity index (χ3n) is 5.79. The number of rotatable bonds is 11. The number of sulfonamides is 1. The fourth-order valence-corrected chi connectivity index (χ4v) is 5.00. The predicted octanol–water partition coefficient (Wildman–Crippen LogP) is 3.40. The molecule has 1 amide bonds. The van der Waals surface area contributed by atoms with E-state index < -0.39 is 27.9 Å². The Bertz CT molecular complexity index is 1360. The maximum absolute atomic E-state index is 13.6. The molecule has 0 radical (unpaired) electrons. The molecule has 1 N–H and O–H groups in total. The molecule has 0 aliphatic rings. The molecule has 0 fully saturated rings. The Labute approximate surface area is 211 Å². The summed E-state index contributed by atoms with van der Waals surface area (Å²) < 4.78 is 34.1. The van der Waals surface area contributed by atoms with Gasteiger partial charge in [-0.25, -0.2) is 8.42 Å². The molecule has 1 atom stereocenters. The van der Waals surface area contributed by atoms with E-state index in [2.05, 4.69) is 4.72 Å². The fourth-order valence-electron chi connectivity index (χ4n) is 3.78. The summed E-state index contributed by atoms with van der Waals surface area (Å²) >= 11 is 0. The highest BCUT2D eigenvalue weighted by Crippen LogP contribution is 2.20. The van der Waals surface area contributed by atoms with E-state index in [1.165, 1.54) is 18.1 Å². The van der Waals surface area contributed by atoms with Crippen LogP contribution in [0.2, 0.25) is 0 Å². The van der Waals surface area contributed by atoms with Crippen LogP contribution in [-0.2, 0) is 30.8 Å². The van der Waals surface area contributed by atoms with Gasteiger partial charge in [-0.05, 0) is 53.4 Å². The van der Waals surface area contributed by atoms with Crippen LogP contribution in [0, 0.1) is 11.3 Å². The van der Waals surface area contributed by atoms with Gasteiger partial charge in [0.05, 0.1) is 23.6 Å². The van der Waals surface area contributed by atoms with Crippen molar-refractivity contribution in [2.75, 3.05) is 20.2 Å². The van der Waals surface area contributed by atoms with E-state index in [4.69, 9.17) is 10.00 Å². The first-order valence-electron chi connectivity index (χ1n) is 11.6. The SMILES string of the molecule is CCCCN(CC(=O)OC)C(=O)[C@H](Cc1ccc(C#N)cc1)NS(=O)(=O)c1ccc2ccccc2c1. The molecule has 0 aliphatic carbocycles. The lowest BCUT2D eigenvalue weighted by atomic mass is 10.0. The summed E-state index contributed by atoms with van der Waals surface area (Å²) in [5, 5.41) is 10.7. The zero-order chi connectivity index (χ0) is 26.1. The lowest BCUT2D eigenvalue weighted by molar-refractivity contribution is -0.147. The minimum atomic E-state index is -4.08. The van der Waals surface area contributed by atoms with Crippen molar-refractivity contribution in [1.29, 1.82) is 5.26 Å². The third kappa shape index (κ3) is 6.90. The third-order valence-corrected chi connectivity index (χ3v) is 7.26. The first-order chi connectivity index (χ1) is 17.3. The van der Waals surface area contributed by atoms with Crippen LogP contribution >= 0.6 is 0 Å². The van der Waals surface area contributed by atoms with E-state index in [9.17, 15) is 18.0 Å². The second kappa shape index (κ2) is 12.3. The van der Waals surface area contributed by atoms with Gasteiger partial charge >= 0.3 is 5.97 Å². The van der Waals surface area contributed by atoms with Crippen LogP contribution in [-0.4, -0.2) is 51.4 Å². The Morgan fingerprint density at radius 1 is 1.06 bits per heavy atom. The Balaban J connectivity index is 1.95. The van der Waals surface area contributed by atoms with Crippen molar-refractivity contribution in [3.63, 3.8) is 0 Å². The van der Waals surface area contributed by atoms with Gasteiger partial charge in [0, 0.05) is 6.54 Å². The number of unbranched alkanes of at least 4 members (excludes halogenated alkanes) is 1. The number of hydrogen-bond donors (Lipinski definition) is 1. The van der Waals surface area contributed by atoms with Crippen molar-refractivity contribution in [2.24, 2.45) is 0 Å². The molecule has 0 aromatic heterocycles. The highest BCUT2D eigenvalue weighted by Gasteiger charge is 2.30. The minimum Gasteiger partial charge on any atom is -0.468 e. The quantitative estimate of drug-likeness (QED) is 0.398. The van der Waals surface area contributed by atoms with Crippen LogP contribution in [0.3, 0.4) is 0 Å². The van der Waals surface area contributed by atoms with Crippen LogP contribution in [0.25, 0.3) is 10.8 Å². The van der Waals surface area contributed by atoms with Gasteiger partial charge in [0.15, 0.2) is 0 Å². The molecule has 3 aromatic carbocycles. The number of carbonyl (C=O) groups excluding carboxylic acids is 2. The van der Waals surface area contributed by atoms with Gasteiger partial charge in [-0.3, -0.25) is 9.59 Å².